The highest BCUT2D eigenvalue weighted by molar-refractivity contribution is 5.29. The molecule has 1 aliphatic rings. The number of hydrogen-bond donors (Lipinski definition) is 1. The van der Waals surface area contributed by atoms with Crippen molar-refractivity contribution in [2.75, 3.05) is 13.2 Å². The van der Waals surface area contributed by atoms with Gasteiger partial charge in [0.1, 0.15) is 11.0 Å². The topological polar surface area (TPSA) is 53.2 Å². The second-order valence-corrected chi connectivity index (χ2v) is 4.97. The van der Waals surface area contributed by atoms with Crippen LogP contribution >= 0.6 is 0 Å². The molecule has 1 aromatic rings. The quantitative estimate of drug-likeness (QED) is 0.887. The average Bonchev–Trinajstić information content (AvgIpc) is 2.90. The lowest BCUT2D eigenvalue weighted by Crippen LogP contribution is -2.45. The van der Waals surface area contributed by atoms with Gasteiger partial charge in [-0.2, -0.15) is 5.26 Å². The summed E-state index contributed by atoms with van der Waals surface area (Å²) < 4.78 is 5.38. The van der Waals surface area contributed by atoms with E-state index in [4.69, 9.17) is 4.74 Å². The maximum Gasteiger partial charge on any atom is 0.115 e. The summed E-state index contributed by atoms with van der Waals surface area (Å²) in [5, 5.41) is 20.7. The molecule has 0 bridgehead atoms. The Bertz CT molecular complexity index is 432. The summed E-state index contributed by atoms with van der Waals surface area (Å²) in [6.45, 7) is 2.89. The molecule has 1 heterocycles. The Morgan fingerprint density at radius 1 is 1.44 bits per heavy atom. The molecule has 18 heavy (non-hydrogen) atoms. The third-order valence-corrected chi connectivity index (χ3v) is 3.89. The number of rotatable bonds is 4. The summed E-state index contributed by atoms with van der Waals surface area (Å²) in [6, 6.07) is 11.8. The molecule has 1 fully saturated rings. The lowest BCUT2D eigenvalue weighted by Gasteiger charge is -2.39. The zero-order valence-corrected chi connectivity index (χ0v) is 10.7. The highest BCUT2D eigenvalue weighted by Crippen LogP contribution is 2.48. The van der Waals surface area contributed by atoms with Crippen molar-refractivity contribution < 1.29 is 9.84 Å². The van der Waals surface area contributed by atoms with Gasteiger partial charge in [-0.25, -0.2) is 0 Å². The van der Waals surface area contributed by atoms with Crippen molar-refractivity contribution >= 4 is 0 Å². The van der Waals surface area contributed by atoms with Crippen LogP contribution in [-0.2, 0) is 10.3 Å². The van der Waals surface area contributed by atoms with Crippen molar-refractivity contribution in [3.8, 4) is 6.07 Å². The van der Waals surface area contributed by atoms with Gasteiger partial charge in [0.2, 0.25) is 0 Å². The van der Waals surface area contributed by atoms with E-state index in [-0.39, 0.29) is 0 Å². The van der Waals surface area contributed by atoms with Crippen molar-refractivity contribution in [1.29, 1.82) is 5.26 Å². The van der Waals surface area contributed by atoms with Gasteiger partial charge in [-0.1, -0.05) is 43.7 Å². The van der Waals surface area contributed by atoms with Gasteiger partial charge < -0.3 is 9.84 Å². The Hall–Kier alpha value is -1.37. The van der Waals surface area contributed by atoms with E-state index < -0.39 is 11.0 Å². The highest BCUT2D eigenvalue weighted by atomic mass is 16.5. The molecule has 3 heteroatoms. The lowest BCUT2D eigenvalue weighted by molar-refractivity contribution is -0.0716. The van der Waals surface area contributed by atoms with Crippen LogP contribution in [0.5, 0.6) is 0 Å². The zero-order valence-electron chi connectivity index (χ0n) is 10.7. The Balaban J connectivity index is 2.47. The van der Waals surface area contributed by atoms with Gasteiger partial charge >= 0.3 is 0 Å². The summed E-state index contributed by atoms with van der Waals surface area (Å²) in [5.74, 6) is 0. The van der Waals surface area contributed by atoms with Gasteiger partial charge in [0.05, 0.1) is 12.7 Å². The van der Waals surface area contributed by atoms with Gasteiger partial charge in [-0.3, -0.25) is 0 Å². The van der Waals surface area contributed by atoms with Crippen molar-refractivity contribution in [3.05, 3.63) is 35.9 Å². The number of ether oxygens (including phenoxy) is 1. The summed E-state index contributed by atoms with van der Waals surface area (Å²) >= 11 is 0. The van der Waals surface area contributed by atoms with E-state index in [1.165, 1.54) is 0 Å². The first-order valence-electron chi connectivity index (χ1n) is 6.45. The van der Waals surface area contributed by atoms with E-state index in [2.05, 4.69) is 6.07 Å². The van der Waals surface area contributed by atoms with Crippen LogP contribution in [0.3, 0.4) is 0 Å². The number of hydrogen-bond acceptors (Lipinski definition) is 3. The Labute approximate surface area is 108 Å². The molecule has 1 aliphatic heterocycles. The van der Waals surface area contributed by atoms with Gasteiger partial charge in [-0.05, 0) is 18.4 Å². The SMILES string of the molecule is CCCC(O)(c1ccccc1)C1(C#N)CCOC1. The molecule has 2 rings (SSSR count). The molecule has 0 radical (unpaired) electrons. The zero-order chi connectivity index (χ0) is 13.1. The Kier molecular flexibility index (Phi) is 3.70. The van der Waals surface area contributed by atoms with Crippen LogP contribution in [0.1, 0.15) is 31.7 Å². The van der Waals surface area contributed by atoms with Crippen LogP contribution in [-0.4, -0.2) is 18.3 Å². The van der Waals surface area contributed by atoms with Crippen molar-refractivity contribution in [2.24, 2.45) is 5.41 Å². The van der Waals surface area contributed by atoms with Crippen LogP contribution in [0.4, 0.5) is 0 Å². The predicted molar refractivity (Wildman–Crippen MR) is 68.7 cm³/mol. The molecule has 1 N–H and O–H groups in total. The minimum Gasteiger partial charge on any atom is -0.383 e. The fraction of sp³-hybridized carbons (Fsp3) is 0.533. The fourth-order valence-electron chi connectivity index (χ4n) is 2.81. The van der Waals surface area contributed by atoms with E-state index in [1.54, 1.807) is 0 Å². The molecule has 1 aromatic carbocycles. The Morgan fingerprint density at radius 3 is 2.67 bits per heavy atom. The second kappa shape index (κ2) is 5.09. The molecule has 96 valence electrons. The molecular weight excluding hydrogens is 226 g/mol. The van der Waals surface area contributed by atoms with E-state index in [9.17, 15) is 10.4 Å². The molecule has 0 amide bonds. The summed E-state index contributed by atoms with van der Waals surface area (Å²) in [4.78, 5) is 0. The molecule has 0 spiro atoms. The number of aliphatic hydroxyl groups is 1. The van der Waals surface area contributed by atoms with Crippen LogP contribution in [0.2, 0.25) is 0 Å². The number of benzene rings is 1. The van der Waals surface area contributed by atoms with Crippen molar-refractivity contribution in [3.63, 3.8) is 0 Å². The largest absolute Gasteiger partial charge is 0.383 e. The maximum absolute atomic E-state index is 11.1. The van der Waals surface area contributed by atoms with E-state index in [0.29, 0.717) is 26.1 Å². The molecule has 0 aliphatic carbocycles. The van der Waals surface area contributed by atoms with Gasteiger partial charge in [0.15, 0.2) is 0 Å². The molecule has 1 saturated heterocycles. The summed E-state index contributed by atoms with van der Waals surface area (Å²) in [5.41, 5.74) is -1.11. The van der Waals surface area contributed by atoms with Gasteiger partial charge in [-0.15, -0.1) is 0 Å². The summed E-state index contributed by atoms with van der Waals surface area (Å²) in [7, 11) is 0. The normalized spacial score (nSPS) is 26.5. The molecule has 3 nitrogen and oxygen atoms in total. The minimum atomic E-state index is -1.12. The van der Waals surface area contributed by atoms with Crippen LogP contribution in [0, 0.1) is 16.7 Å². The first-order chi connectivity index (χ1) is 8.68. The minimum absolute atomic E-state index is 0.314. The highest BCUT2D eigenvalue weighted by Gasteiger charge is 2.53. The van der Waals surface area contributed by atoms with Crippen LogP contribution in [0.15, 0.2) is 30.3 Å². The predicted octanol–water partition coefficient (Wildman–Crippen LogP) is 2.60. The third kappa shape index (κ3) is 1.92. The van der Waals surface area contributed by atoms with Crippen LogP contribution < -0.4 is 0 Å². The molecule has 0 saturated carbocycles. The first kappa shape index (κ1) is 13.1. The molecule has 0 aromatic heterocycles. The van der Waals surface area contributed by atoms with E-state index in [0.717, 1.165) is 12.0 Å². The first-order valence-corrected chi connectivity index (χ1v) is 6.45. The van der Waals surface area contributed by atoms with Crippen molar-refractivity contribution in [1.82, 2.24) is 0 Å². The number of nitrogens with zero attached hydrogens (tertiary/aromatic N) is 1. The monoisotopic (exact) mass is 245 g/mol. The third-order valence-electron chi connectivity index (χ3n) is 3.89. The fourth-order valence-corrected chi connectivity index (χ4v) is 2.81. The van der Waals surface area contributed by atoms with E-state index >= 15 is 0 Å². The smallest absolute Gasteiger partial charge is 0.115 e. The molecule has 2 unspecified atom stereocenters. The number of nitriles is 1. The van der Waals surface area contributed by atoms with Gasteiger partial charge in [0.25, 0.3) is 0 Å². The second-order valence-electron chi connectivity index (χ2n) is 4.97. The van der Waals surface area contributed by atoms with Gasteiger partial charge in [0, 0.05) is 6.61 Å². The lowest BCUT2D eigenvalue weighted by atomic mass is 9.66. The molecule has 2 atom stereocenters. The van der Waals surface area contributed by atoms with Crippen LogP contribution in [0.25, 0.3) is 0 Å². The maximum atomic E-state index is 11.1. The Morgan fingerprint density at radius 2 is 2.17 bits per heavy atom. The average molecular weight is 245 g/mol. The summed E-state index contributed by atoms with van der Waals surface area (Å²) in [6.07, 6.45) is 2.00. The molecular formula is C15H19NO2. The standard InChI is InChI=1S/C15H19NO2/c1-2-8-15(17,13-6-4-3-5-7-13)14(11-16)9-10-18-12-14/h3-7,17H,2,8-10,12H2,1H3. The van der Waals surface area contributed by atoms with Crippen molar-refractivity contribution in [2.45, 2.75) is 31.8 Å². The van der Waals surface area contributed by atoms with E-state index in [1.807, 2.05) is 37.3 Å².